The molecule has 2 aliphatic heterocycles. The van der Waals surface area contributed by atoms with E-state index in [1.807, 2.05) is 35.0 Å². The quantitative estimate of drug-likeness (QED) is 0.616. The molecule has 5 rings (SSSR count). The molecule has 2 atom stereocenters. The molecular formula is C21H25N7O2S. The van der Waals surface area contributed by atoms with E-state index < -0.39 is 5.41 Å². The van der Waals surface area contributed by atoms with E-state index in [0.29, 0.717) is 38.3 Å². The number of thiazole rings is 1. The van der Waals surface area contributed by atoms with Crippen LogP contribution in [0.3, 0.4) is 0 Å². The number of rotatable bonds is 4. The molecule has 1 spiro atoms. The maximum absolute atomic E-state index is 13.7. The minimum absolute atomic E-state index is 0.0881. The van der Waals surface area contributed by atoms with Gasteiger partial charge in [-0.15, -0.1) is 11.3 Å². The zero-order valence-electron chi connectivity index (χ0n) is 17.9. The van der Waals surface area contributed by atoms with Crippen molar-refractivity contribution in [1.82, 2.24) is 34.1 Å². The molecule has 0 radical (unpaired) electrons. The molecule has 2 unspecified atom stereocenters. The van der Waals surface area contributed by atoms with Crippen molar-refractivity contribution in [3.8, 4) is 0 Å². The van der Waals surface area contributed by atoms with Gasteiger partial charge in [0.2, 0.25) is 5.91 Å². The van der Waals surface area contributed by atoms with Crippen molar-refractivity contribution in [1.29, 1.82) is 0 Å². The van der Waals surface area contributed by atoms with Crippen LogP contribution in [0, 0.1) is 12.3 Å². The van der Waals surface area contributed by atoms with Gasteiger partial charge in [-0.3, -0.25) is 14.3 Å². The van der Waals surface area contributed by atoms with E-state index in [9.17, 15) is 9.59 Å². The van der Waals surface area contributed by atoms with Crippen molar-refractivity contribution in [2.75, 3.05) is 19.6 Å². The summed E-state index contributed by atoms with van der Waals surface area (Å²) in [5.41, 5.74) is 1.52. The highest BCUT2D eigenvalue weighted by Gasteiger charge is 2.58. The smallest absolute Gasteiger partial charge is 0.274 e. The molecule has 2 saturated heterocycles. The maximum Gasteiger partial charge on any atom is 0.274 e. The van der Waals surface area contributed by atoms with E-state index in [1.54, 1.807) is 46.6 Å². The minimum Gasteiger partial charge on any atom is -0.340 e. The lowest BCUT2D eigenvalue weighted by Gasteiger charge is -2.27. The summed E-state index contributed by atoms with van der Waals surface area (Å²) in [5.74, 6) is -0.194. The molecule has 0 saturated carbocycles. The molecule has 9 nitrogen and oxygen atoms in total. The van der Waals surface area contributed by atoms with Gasteiger partial charge < -0.3 is 14.4 Å². The van der Waals surface area contributed by atoms with Crippen molar-refractivity contribution >= 4 is 23.2 Å². The van der Waals surface area contributed by atoms with Crippen LogP contribution in [-0.2, 0) is 25.4 Å². The second-order valence-corrected chi connectivity index (χ2v) is 9.63. The summed E-state index contributed by atoms with van der Waals surface area (Å²) < 4.78 is 3.51. The number of aromatic nitrogens is 5. The Bertz CT molecular complexity index is 1150. The first-order valence-electron chi connectivity index (χ1n) is 10.3. The van der Waals surface area contributed by atoms with E-state index in [-0.39, 0.29) is 17.7 Å². The largest absolute Gasteiger partial charge is 0.340 e. The lowest BCUT2D eigenvalue weighted by Crippen LogP contribution is -2.40. The van der Waals surface area contributed by atoms with Gasteiger partial charge in [0.1, 0.15) is 5.69 Å². The third-order valence-corrected chi connectivity index (χ3v) is 7.23. The van der Waals surface area contributed by atoms with E-state index in [1.165, 1.54) is 0 Å². The number of hydrogen-bond donors (Lipinski definition) is 0. The zero-order chi connectivity index (χ0) is 21.8. The van der Waals surface area contributed by atoms with Crippen LogP contribution in [-0.4, -0.2) is 65.6 Å². The second kappa shape index (κ2) is 7.30. The van der Waals surface area contributed by atoms with Crippen molar-refractivity contribution in [3.63, 3.8) is 0 Å². The molecule has 3 aromatic heterocycles. The number of aryl methyl sites for hydroxylation is 3. The van der Waals surface area contributed by atoms with E-state index >= 15 is 0 Å². The summed E-state index contributed by atoms with van der Waals surface area (Å²) in [6.45, 7) is 3.98. The zero-order valence-corrected chi connectivity index (χ0v) is 18.7. The Morgan fingerprint density at radius 1 is 1.35 bits per heavy atom. The Hall–Kier alpha value is -3.01. The number of nitrogens with zero attached hydrogens (tertiary/aromatic N) is 7. The first kappa shape index (κ1) is 19.9. The fourth-order valence-electron chi connectivity index (χ4n) is 4.90. The highest BCUT2D eigenvalue weighted by Crippen LogP contribution is 2.50. The molecule has 3 aromatic rings. The van der Waals surface area contributed by atoms with Crippen LogP contribution in [0.1, 0.15) is 39.2 Å². The van der Waals surface area contributed by atoms with Gasteiger partial charge >= 0.3 is 0 Å². The van der Waals surface area contributed by atoms with Crippen LogP contribution in [0.2, 0.25) is 0 Å². The molecule has 0 aliphatic carbocycles. The Kier molecular flexibility index (Phi) is 4.69. The average molecular weight is 440 g/mol. The Morgan fingerprint density at radius 2 is 2.19 bits per heavy atom. The normalized spacial score (nSPS) is 23.5. The maximum atomic E-state index is 13.7. The van der Waals surface area contributed by atoms with Crippen molar-refractivity contribution in [2.45, 2.75) is 25.8 Å². The Balaban J connectivity index is 1.45. The molecule has 2 amide bonds. The molecule has 2 aliphatic rings. The van der Waals surface area contributed by atoms with Gasteiger partial charge in [-0.2, -0.15) is 5.10 Å². The SMILES string of the molecule is Cc1nc(CN2CCC3(CN(C(=O)c4ccn(C)n4)CC3c3cn(C)cn3)C2=O)cs1. The average Bonchev–Trinajstić information content (AvgIpc) is 3.54. The molecule has 0 bridgehead atoms. The lowest BCUT2D eigenvalue weighted by molar-refractivity contribution is -0.136. The molecular weight excluding hydrogens is 414 g/mol. The van der Waals surface area contributed by atoms with Crippen molar-refractivity contribution in [2.24, 2.45) is 19.5 Å². The predicted octanol–water partition coefficient (Wildman–Crippen LogP) is 1.58. The van der Waals surface area contributed by atoms with Gasteiger partial charge in [-0.05, 0) is 19.4 Å². The molecule has 10 heteroatoms. The van der Waals surface area contributed by atoms with Crippen molar-refractivity contribution < 1.29 is 9.59 Å². The van der Waals surface area contributed by atoms with Crippen LogP contribution >= 0.6 is 11.3 Å². The van der Waals surface area contributed by atoms with Crippen LogP contribution in [0.5, 0.6) is 0 Å². The number of carbonyl (C=O) groups is 2. The van der Waals surface area contributed by atoms with Crippen LogP contribution in [0.15, 0.2) is 30.2 Å². The van der Waals surface area contributed by atoms with Crippen LogP contribution in [0.25, 0.3) is 0 Å². The molecule has 5 heterocycles. The Labute approximate surface area is 184 Å². The van der Waals surface area contributed by atoms with Crippen molar-refractivity contribution in [3.05, 3.63) is 52.3 Å². The van der Waals surface area contributed by atoms with Crippen LogP contribution < -0.4 is 0 Å². The second-order valence-electron chi connectivity index (χ2n) is 8.57. The molecule has 0 N–H and O–H groups in total. The number of carbonyl (C=O) groups excluding carboxylic acids is 2. The number of amides is 2. The standard InChI is InChI=1S/C21H25N7O2S/c1-14-23-15(11-31-14)8-27-7-5-21(20(27)30)12-28(19(29)17-4-6-26(3)24-17)9-16(21)18-10-25(2)13-22-18/h4,6,10-11,13,16H,5,7-9,12H2,1-3H3. The molecule has 162 valence electrons. The summed E-state index contributed by atoms with van der Waals surface area (Å²) in [5, 5.41) is 7.27. The molecule has 0 aromatic carbocycles. The van der Waals surface area contributed by atoms with Gasteiger partial charge in [-0.25, -0.2) is 9.97 Å². The fraction of sp³-hybridized carbons (Fsp3) is 0.476. The van der Waals surface area contributed by atoms with Gasteiger partial charge in [-0.1, -0.05) is 0 Å². The third-order valence-electron chi connectivity index (χ3n) is 6.41. The summed E-state index contributed by atoms with van der Waals surface area (Å²) in [6, 6.07) is 1.72. The van der Waals surface area contributed by atoms with Gasteiger partial charge in [0.25, 0.3) is 5.91 Å². The first-order chi connectivity index (χ1) is 14.9. The summed E-state index contributed by atoms with van der Waals surface area (Å²) in [7, 11) is 3.71. The summed E-state index contributed by atoms with van der Waals surface area (Å²) in [4.78, 5) is 39.6. The molecule has 31 heavy (non-hydrogen) atoms. The summed E-state index contributed by atoms with van der Waals surface area (Å²) in [6.07, 6.45) is 6.16. The van der Waals surface area contributed by atoms with Gasteiger partial charge in [0.05, 0.1) is 34.7 Å². The topological polar surface area (TPSA) is 89.2 Å². The monoisotopic (exact) mass is 439 g/mol. The number of likely N-dealkylation sites (tertiary alicyclic amines) is 2. The highest BCUT2D eigenvalue weighted by molar-refractivity contribution is 7.09. The predicted molar refractivity (Wildman–Crippen MR) is 114 cm³/mol. The van der Waals surface area contributed by atoms with Crippen LogP contribution in [0.4, 0.5) is 0 Å². The lowest BCUT2D eigenvalue weighted by atomic mass is 9.75. The van der Waals surface area contributed by atoms with Gasteiger partial charge in [0, 0.05) is 57.4 Å². The fourth-order valence-corrected chi connectivity index (χ4v) is 5.50. The minimum atomic E-state index is -0.663. The first-order valence-corrected chi connectivity index (χ1v) is 11.2. The highest BCUT2D eigenvalue weighted by atomic mass is 32.1. The number of hydrogen-bond acceptors (Lipinski definition) is 6. The van der Waals surface area contributed by atoms with E-state index in [4.69, 9.17) is 0 Å². The molecule has 2 fully saturated rings. The third kappa shape index (κ3) is 3.34. The van der Waals surface area contributed by atoms with E-state index in [0.717, 1.165) is 16.4 Å². The van der Waals surface area contributed by atoms with E-state index in [2.05, 4.69) is 15.1 Å². The summed E-state index contributed by atoms with van der Waals surface area (Å²) >= 11 is 1.59. The Morgan fingerprint density at radius 3 is 2.84 bits per heavy atom. The number of imidazole rings is 1. The van der Waals surface area contributed by atoms with Gasteiger partial charge in [0.15, 0.2) is 0 Å².